The lowest BCUT2D eigenvalue weighted by atomic mass is 10.4. The highest BCUT2D eigenvalue weighted by molar-refractivity contribution is 7.99. The highest BCUT2D eigenvalue weighted by atomic mass is 35.5. The van der Waals surface area contributed by atoms with E-state index in [1.165, 1.54) is 11.8 Å². The van der Waals surface area contributed by atoms with E-state index in [-0.39, 0.29) is 18.2 Å². The summed E-state index contributed by atoms with van der Waals surface area (Å²) in [6.45, 7) is 2.17. The summed E-state index contributed by atoms with van der Waals surface area (Å²) in [7, 11) is 0. The molecule has 4 aromatic heterocycles. The molecule has 0 saturated carbocycles. The van der Waals surface area contributed by atoms with Crippen LogP contribution in [0.5, 0.6) is 11.6 Å². The third-order valence-electron chi connectivity index (χ3n) is 4.02. The summed E-state index contributed by atoms with van der Waals surface area (Å²) >= 11 is 2.51. The van der Waals surface area contributed by atoms with Crippen LogP contribution >= 0.6 is 35.7 Å². The van der Waals surface area contributed by atoms with Crippen molar-refractivity contribution in [1.82, 2.24) is 29.1 Å². The van der Waals surface area contributed by atoms with Crippen LogP contribution in [0.3, 0.4) is 0 Å². The summed E-state index contributed by atoms with van der Waals surface area (Å²) in [5.41, 5.74) is 0. The van der Waals surface area contributed by atoms with Gasteiger partial charge >= 0.3 is 0 Å². The average molecular weight is 494 g/mol. The highest BCUT2D eigenvalue weighted by Crippen LogP contribution is 2.36. The largest absolute Gasteiger partial charge is 0.435 e. The second kappa shape index (κ2) is 11.2. The predicted octanol–water partition coefficient (Wildman–Crippen LogP) is 3.68. The van der Waals surface area contributed by atoms with Gasteiger partial charge in [0.1, 0.15) is 11.1 Å². The normalized spacial score (nSPS) is 11.6. The zero-order chi connectivity index (χ0) is 21.6. The Kier molecular flexibility index (Phi) is 8.36. The van der Waals surface area contributed by atoms with Crippen LogP contribution in [0.1, 0.15) is 18.9 Å². The second-order valence-electron chi connectivity index (χ2n) is 6.16. The lowest BCUT2D eigenvalue weighted by Crippen LogP contribution is -2.05. The van der Waals surface area contributed by atoms with Crippen molar-refractivity contribution in [2.75, 3.05) is 11.9 Å². The van der Waals surface area contributed by atoms with Crippen molar-refractivity contribution >= 4 is 46.7 Å². The fourth-order valence-electron chi connectivity index (χ4n) is 2.54. The van der Waals surface area contributed by atoms with Crippen LogP contribution in [0.15, 0.2) is 58.8 Å². The van der Waals surface area contributed by atoms with Crippen LogP contribution in [0.2, 0.25) is 0 Å². The van der Waals surface area contributed by atoms with Crippen molar-refractivity contribution in [2.24, 2.45) is 0 Å². The molecule has 0 amide bonds. The van der Waals surface area contributed by atoms with E-state index in [1.54, 1.807) is 29.3 Å². The number of nitrogens with one attached hydrogen (secondary N) is 1. The number of halogens is 1. The van der Waals surface area contributed by atoms with Gasteiger partial charge < -0.3 is 20.3 Å². The molecule has 1 atom stereocenters. The Morgan fingerprint density at radius 1 is 1.25 bits per heavy atom. The minimum atomic E-state index is -1.13. The Morgan fingerprint density at radius 2 is 2.12 bits per heavy atom. The van der Waals surface area contributed by atoms with E-state index in [4.69, 9.17) is 9.84 Å². The lowest BCUT2D eigenvalue weighted by Gasteiger charge is -2.12. The van der Waals surface area contributed by atoms with Crippen molar-refractivity contribution in [3.8, 4) is 11.6 Å². The average Bonchev–Trinajstić information content (AvgIpc) is 3.45. The van der Waals surface area contributed by atoms with Gasteiger partial charge in [0.15, 0.2) is 17.4 Å². The Labute approximate surface area is 198 Å². The summed E-state index contributed by atoms with van der Waals surface area (Å²) in [5, 5.41) is 27.3. The monoisotopic (exact) mass is 493 g/mol. The third-order valence-corrected chi connectivity index (χ3v) is 5.57. The van der Waals surface area contributed by atoms with Gasteiger partial charge in [-0.15, -0.1) is 12.4 Å². The van der Waals surface area contributed by atoms with Gasteiger partial charge in [0.05, 0.1) is 12.8 Å². The van der Waals surface area contributed by atoms with Crippen LogP contribution < -0.4 is 10.1 Å². The van der Waals surface area contributed by atoms with E-state index in [9.17, 15) is 5.11 Å². The molecule has 0 fully saturated rings. The number of nitrogens with zero attached hydrogens (tertiary/aromatic N) is 6. The topological polar surface area (TPSA) is 131 Å². The van der Waals surface area contributed by atoms with Gasteiger partial charge in [-0.05, 0) is 19.1 Å². The molecule has 0 aliphatic rings. The molecule has 4 heterocycles. The Morgan fingerprint density at radius 3 is 2.88 bits per heavy atom. The molecule has 4 rings (SSSR count). The molecule has 13 heteroatoms. The predicted molar refractivity (Wildman–Crippen MR) is 123 cm³/mol. The fraction of sp³-hybridized carbons (Fsp3) is 0.211. The van der Waals surface area contributed by atoms with Gasteiger partial charge in [-0.2, -0.15) is 9.47 Å². The summed E-state index contributed by atoms with van der Waals surface area (Å²) in [4.78, 5) is 13.9. The molecule has 0 aliphatic carbocycles. The number of ether oxygens (including phenoxy) is 1. The molecule has 32 heavy (non-hydrogen) atoms. The Hall–Kier alpha value is -2.77. The molecule has 0 aliphatic heterocycles. The van der Waals surface area contributed by atoms with Gasteiger partial charge in [-0.25, -0.2) is 19.6 Å². The van der Waals surface area contributed by atoms with E-state index in [2.05, 4.69) is 29.7 Å². The fourth-order valence-corrected chi connectivity index (χ4v) is 3.94. The number of aliphatic hydroxyl groups is 2. The van der Waals surface area contributed by atoms with Gasteiger partial charge in [0.25, 0.3) is 0 Å². The van der Waals surface area contributed by atoms with Crippen molar-refractivity contribution in [3.63, 3.8) is 0 Å². The second-order valence-corrected chi connectivity index (χ2v) is 8.00. The van der Waals surface area contributed by atoms with Crippen LogP contribution in [0.25, 0.3) is 0 Å². The molecule has 0 bridgehead atoms. The smallest absolute Gasteiger partial charge is 0.217 e. The summed E-state index contributed by atoms with van der Waals surface area (Å²) in [6.07, 6.45) is 3.97. The first-order valence-electron chi connectivity index (χ1n) is 9.34. The van der Waals surface area contributed by atoms with Crippen LogP contribution in [0.4, 0.5) is 10.9 Å². The quantitative estimate of drug-likeness (QED) is 0.317. The molecule has 0 aromatic carbocycles. The number of pyridine rings is 2. The van der Waals surface area contributed by atoms with Crippen molar-refractivity contribution in [3.05, 3.63) is 54.7 Å². The molecular weight excluding hydrogens is 474 g/mol. The van der Waals surface area contributed by atoms with Crippen LogP contribution in [0, 0.1) is 0 Å². The van der Waals surface area contributed by atoms with E-state index in [0.29, 0.717) is 29.1 Å². The van der Waals surface area contributed by atoms with E-state index < -0.39 is 12.7 Å². The molecular formula is C19H20ClN7O3S2. The van der Waals surface area contributed by atoms with Crippen molar-refractivity contribution in [2.45, 2.75) is 29.5 Å². The number of aryl methyl sites for hydroxylation is 1. The van der Waals surface area contributed by atoms with E-state index in [0.717, 1.165) is 21.5 Å². The molecule has 4 aromatic rings. The zero-order valence-electron chi connectivity index (χ0n) is 16.8. The minimum Gasteiger partial charge on any atom is -0.435 e. The maximum Gasteiger partial charge on any atom is 0.217 e. The molecule has 0 saturated heterocycles. The first-order valence-corrected chi connectivity index (χ1v) is 10.9. The standard InChI is InChI=1S/C19H19N7O3S2.ClH/c1-2-26-16(6-8-22-26)29-14-9-12(30-15-5-3-4-7-20-15)10-21-18(14)24-19-23-17(25-31-19)13(28)11-27;/h3-10,13,27-28H,2,11H2,1H3,(H,21,23,24,25);1H/t13-;/m1./s1. The van der Waals surface area contributed by atoms with Crippen molar-refractivity contribution in [1.29, 1.82) is 0 Å². The van der Waals surface area contributed by atoms with Gasteiger partial charge in [0, 0.05) is 47.5 Å². The number of hydrogen-bond acceptors (Lipinski definition) is 11. The number of aromatic nitrogens is 6. The SMILES string of the molecule is CCn1nccc1Oc1cc(Sc2ccccn2)cnc1Nc1nc([C@H](O)CO)ns1.Cl. The minimum absolute atomic E-state index is 0. The van der Waals surface area contributed by atoms with Crippen molar-refractivity contribution < 1.29 is 14.9 Å². The number of aliphatic hydroxyl groups excluding tert-OH is 2. The van der Waals surface area contributed by atoms with Gasteiger partial charge in [0.2, 0.25) is 11.0 Å². The van der Waals surface area contributed by atoms with Gasteiger partial charge in [-0.1, -0.05) is 17.8 Å². The summed E-state index contributed by atoms with van der Waals surface area (Å²) < 4.78 is 11.9. The Bertz CT molecular complexity index is 1140. The molecule has 3 N–H and O–H groups in total. The Balaban J connectivity index is 0.00000289. The zero-order valence-corrected chi connectivity index (χ0v) is 19.3. The number of anilines is 2. The number of hydrogen-bond donors (Lipinski definition) is 3. The lowest BCUT2D eigenvalue weighted by molar-refractivity contribution is 0.0897. The molecule has 0 spiro atoms. The van der Waals surface area contributed by atoms with E-state index >= 15 is 0 Å². The first-order chi connectivity index (χ1) is 15.2. The molecule has 10 nitrogen and oxygen atoms in total. The third kappa shape index (κ3) is 5.72. The number of rotatable bonds is 9. The molecule has 0 radical (unpaired) electrons. The summed E-state index contributed by atoms with van der Waals surface area (Å²) in [5.74, 6) is 1.61. The maximum absolute atomic E-state index is 9.71. The molecule has 168 valence electrons. The highest BCUT2D eigenvalue weighted by Gasteiger charge is 2.16. The van der Waals surface area contributed by atoms with Crippen LogP contribution in [-0.2, 0) is 6.54 Å². The maximum atomic E-state index is 9.71. The van der Waals surface area contributed by atoms with Crippen LogP contribution in [-0.4, -0.2) is 45.9 Å². The van der Waals surface area contributed by atoms with E-state index in [1.807, 2.05) is 31.2 Å². The summed E-state index contributed by atoms with van der Waals surface area (Å²) in [6, 6.07) is 9.32. The van der Waals surface area contributed by atoms with Gasteiger partial charge in [-0.3, -0.25) is 0 Å². The first kappa shape index (κ1) is 23.9. The molecule has 0 unspecified atom stereocenters.